The van der Waals surface area contributed by atoms with Crippen molar-refractivity contribution in [2.24, 2.45) is 0 Å². The molecule has 40 heavy (non-hydrogen) atoms. The molecule has 0 spiro atoms. The highest BCUT2D eigenvalue weighted by Crippen LogP contribution is 2.25. The lowest BCUT2D eigenvalue weighted by molar-refractivity contribution is -0.107. The van der Waals surface area contributed by atoms with E-state index in [1.165, 1.54) is 20.5 Å². The Labute approximate surface area is 231 Å². The van der Waals surface area contributed by atoms with Crippen molar-refractivity contribution in [2.75, 3.05) is 22.2 Å². The maximum absolute atomic E-state index is 12.9. The van der Waals surface area contributed by atoms with Gasteiger partial charge in [0.05, 0.1) is 6.20 Å². The Morgan fingerprint density at radius 1 is 1.23 bits per heavy atom. The summed E-state index contributed by atoms with van der Waals surface area (Å²) in [5, 5.41) is 10.5. The van der Waals surface area contributed by atoms with Crippen LogP contribution in [-0.2, 0) is 9.53 Å². The van der Waals surface area contributed by atoms with Crippen molar-refractivity contribution in [3.8, 4) is 0 Å². The van der Waals surface area contributed by atoms with E-state index >= 15 is 0 Å². The van der Waals surface area contributed by atoms with E-state index in [0.717, 1.165) is 12.8 Å². The van der Waals surface area contributed by atoms with Crippen LogP contribution in [0.1, 0.15) is 56.7 Å². The molecule has 3 heterocycles. The summed E-state index contributed by atoms with van der Waals surface area (Å²) >= 11 is 0. The first-order valence-electron chi connectivity index (χ1n) is 12.8. The van der Waals surface area contributed by atoms with E-state index < -0.39 is 11.7 Å². The number of carbonyl (C=O) groups is 3. The average molecular weight is 548 g/mol. The number of nitrogens with zero attached hydrogens (tertiary/aromatic N) is 7. The highest BCUT2D eigenvalue weighted by atomic mass is 16.6. The van der Waals surface area contributed by atoms with Gasteiger partial charge < -0.3 is 15.4 Å². The summed E-state index contributed by atoms with van der Waals surface area (Å²) in [5.74, 6) is 1.43. The molecule has 0 saturated heterocycles. The summed E-state index contributed by atoms with van der Waals surface area (Å²) in [7, 11) is 1.56. The number of anilines is 3. The lowest BCUT2D eigenvalue weighted by Gasteiger charge is -2.25. The lowest BCUT2D eigenvalue weighted by Crippen LogP contribution is -2.35. The second kappa shape index (κ2) is 11.5. The molecule has 1 aliphatic carbocycles. The predicted octanol–water partition coefficient (Wildman–Crippen LogP) is 3.58. The summed E-state index contributed by atoms with van der Waals surface area (Å²) < 4.78 is 6.96. The maximum Gasteiger partial charge on any atom is 0.415 e. The molecule has 0 aliphatic heterocycles. The van der Waals surface area contributed by atoms with Gasteiger partial charge in [-0.25, -0.2) is 19.7 Å². The van der Waals surface area contributed by atoms with Gasteiger partial charge in [-0.15, -0.1) is 0 Å². The number of allylic oxidation sites excluding steroid dienone is 3. The number of ether oxygens (including phenoxy) is 1. The number of amides is 3. The first kappa shape index (κ1) is 28.2. The molecular formula is C27H33N9O4. The third-order valence-electron chi connectivity index (χ3n) is 5.68. The summed E-state index contributed by atoms with van der Waals surface area (Å²) in [4.78, 5) is 52.9. The van der Waals surface area contributed by atoms with Gasteiger partial charge in [-0.2, -0.15) is 9.61 Å². The van der Waals surface area contributed by atoms with Gasteiger partial charge in [-0.1, -0.05) is 0 Å². The van der Waals surface area contributed by atoms with Crippen molar-refractivity contribution in [3.63, 3.8) is 0 Å². The zero-order valence-corrected chi connectivity index (χ0v) is 23.4. The van der Waals surface area contributed by atoms with E-state index in [0.29, 0.717) is 35.4 Å². The van der Waals surface area contributed by atoms with Gasteiger partial charge in [0.25, 0.3) is 5.91 Å². The molecule has 1 saturated carbocycles. The molecule has 0 bridgehead atoms. The Morgan fingerprint density at radius 3 is 2.62 bits per heavy atom. The molecule has 1 aliphatic rings. The molecule has 0 atom stereocenters. The minimum atomic E-state index is -0.705. The standard InChI is InChI=1S/C27H33N9O4/c1-17(8-7-13-35(16-37)22-11-12-28-18(2)31-22)30-21-14-23(34(6)26(39)40-27(3,4)5)36-24(33-21)20(15-29-36)25(38)32-19-9-10-19/h7-8,11-16,19H,9-10H2,1-6H3,(H,30,33)(H,32,38)/b13-7-,17-8+. The van der Waals surface area contributed by atoms with Gasteiger partial charge in [-0.05, 0) is 65.7 Å². The Balaban J connectivity index is 1.63. The molecule has 13 heteroatoms. The predicted molar refractivity (Wildman–Crippen MR) is 150 cm³/mol. The summed E-state index contributed by atoms with van der Waals surface area (Å²) in [6.07, 6.45) is 9.93. The number of carbonyl (C=O) groups excluding carboxylic acids is 3. The Hall–Kier alpha value is -4.81. The minimum absolute atomic E-state index is 0.154. The summed E-state index contributed by atoms with van der Waals surface area (Å²) in [6.45, 7) is 8.89. The van der Waals surface area contributed by atoms with Gasteiger partial charge >= 0.3 is 6.09 Å². The molecule has 13 nitrogen and oxygen atoms in total. The second-order valence-corrected chi connectivity index (χ2v) is 10.4. The van der Waals surface area contributed by atoms with Crippen LogP contribution in [0.15, 0.2) is 48.6 Å². The molecule has 0 aromatic carbocycles. The fourth-order valence-corrected chi connectivity index (χ4v) is 3.60. The van der Waals surface area contributed by atoms with Crippen LogP contribution in [0.5, 0.6) is 0 Å². The van der Waals surface area contributed by atoms with Crippen LogP contribution in [0, 0.1) is 6.92 Å². The lowest BCUT2D eigenvalue weighted by atomic mass is 10.2. The molecule has 3 aromatic heterocycles. The smallest absolute Gasteiger partial charge is 0.415 e. The quantitative estimate of drug-likeness (QED) is 0.303. The monoisotopic (exact) mass is 547 g/mol. The molecule has 3 aromatic rings. The van der Waals surface area contributed by atoms with E-state index in [2.05, 4.69) is 30.7 Å². The molecule has 0 radical (unpaired) electrons. The van der Waals surface area contributed by atoms with Gasteiger partial charge in [0.1, 0.15) is 34.4 Å². The van der Waals surface area contributed by atoms with Crippen molar-refractivity contribution < 1.29 is 19.1 Å². The molecule has 1 fully saturated rings. The zero-order chi connectivity index (χ0) is 29.0. The van der Waals surface area contributed by atoms with Crippen LogP contribution in [0.25, 0.3) is 5.65 Å². The molecule has 3 amide bonds. The van der Waals surface area contributed by atoms with Crippen molar-refractivity contribution in [1.29, 1.82) is 0 Å². The van der Waals surface area contributed by atoms with Crippen LogP contribution < -0.4 is 20.4 Å². The minimum Gasteiger partial charge on any atom is -0.443 e. The first-order chi connectivity index (χ1) is 18.9. The van der Waals surface area contributed by atoms with Crippen molar-refractivity contribution in [1.82, 2.24) is 29.9 Å². The molecule has 4 rings (SSSR count). The normalized spacial score (nSPS) is 13.8. The van der Waals surface area contributed by atoms with Gasteiger partial charge in [-0.3, -0.25) is 19.4 Å². The largest absolute Gasteiger partial charge is 0.443 e. The van der Waals surface area contributed by atoms with Crippen LogP contribution in [0.2, 0.25) is 0 Å². The van der Waals surface area contributed by atoms with Gasteiger partial charge in [0, 0.05) is 37.2 Å². The van der Waals surface area contributed by atoms with Crippen molar-refractivity contribution in [3.05, 3.63) is 60.0 Å². The highest BCUT2D eigenvalue weighted by Gasteiger charge is 2.28. The highest BCUT2D eigenvalue weighted by molar-refractivity contribution is 6.00. The fraction of sp³-hybridized carbons (Fsp3) is 0.370. The Kier molecular flexibility index (Phi) is 8.12. The second-order valence-electron chi connectivity index (χ2n) is 10.4. The van der Waals surface area contributed by atoms with Crippen LogP contribution >= 0.6 is 0 Å². The van der Waals surface area contributed by atoms with Gasteiger partial charge in [0.15, 0.2) is 5.65 Å². The molecular weight excluding hydrogens is 514 g/mol. The number of nitrogens with one attached hydrogen (secondary N) is 2. The van der Waals surface area contributed by atoms with Crippen molar-refractivity contribution >= 4 is 41.5 Å². The van der Waals surface area contributed by atoms with Crippen LogP contribution in [-0.4, -0.2) is 61.7 Å². The Bertz CT molecular complexity index is 1480. The van der Waals surface area contributed by atoms with Crippen LogP contribution in [0.3, 0.4) is 0 Å². The Morgan fingerprint density at radius 2 is 1.98 bits per heavy atom. The summed E-state index contributed by atoms with van der Waals surface area (Å²) in [5.41, 5.74) is 0.539. The number of hydrogen-bond acceptors (Lipinski definition) is 9. The first-order valence-corrected chi connectivity index (χ1v) is 12.8. The molecule has 0 unspecified atom stereocenters. The fourth-order valence-electron chi connectivity index (χ4n) is 3.60. The SMILES string of the molecule is C/C(=C\C=C/N(C=O)c1ccnc(C)n1)Nc1cc(N(C)C(=O)OC(C)(C)C)n2ncc(C(=O)NC3CC3)c2n1. The number of rotatable bonds is 9. The number of aromatic nitrogens is 5. The topological polar surface area (TPSA) is 147 Å². The van der Waals surface area contributed by atoms with E-state index in [1.807, 2.05) is 6.92 Å². The molecule has 2 N–H and O–H groups in total. The van der Waals surface area contributed by atoms with E-state index in [9.17, 15) is 14.4 Å². The van der Waals surface area contributed by atoms with E-state index in [4.69, 9.17) is 4.74 Å². The summed E-state index contributed by atoms with van der Waals surface area (Å²) in [6, 6.07) is 3.42. The number of fused-ring (bicyclic) bond motifs is 1. The maximum atomic E-state index is 12.9. The van der Waals surface area contributed by atoms with E-state index in [-0.39, 0.29) is 23.2 Å². The van der Waals surface area contributed by atoms with E-state index in [1.54, 1.807) is 71.4 Å². The molecule has 210 valence electrons. The zero-order valence-electron chi connectivity index (χ0n) is 23.4. The van der Waals surface area contributed by atoms with Crippen molar-refractivity contribution in [2.45, 2.75) is 59.1 Å². The third kappa shape index (κ3) is 6.98. The van der Waals surface area contributed by atoms with Gasteiger partial charge in [0.2, 0.25) is 6.41 Å². The number of hydrogen-bond donors (Lipinski definition) is 2. The van der Waals surface area contributed by atoms with Crippen LogP contribution in [0.4, 0.5) is 22.2 Å². The third-order valence-corrected chi connectivity index (χ3v) is 5.68. The average Bonchev–Trinajstić information content (AvgIpc) is 3.59. The number of aryl methyl sites for hydroxylation is 1.